The number of aromatic hydroxyl groups is 1. The third-order valence-electron chi connectivity index (χ3n) is 3.45. The second kappa shape index (κ2) is 4.69. The van der Waals surface area contributed by atoms with Crippen LogP contribution in [0.3, 0.4) is 0 Å². The van der Waals surface area contributed by atoms with Gasteiger partial charge in [-0.3, -0.25) is 0 Å². The van der Waals surface area contributed by atoms with Crippen molar-refractivity contribution in [3.8, 4) is 5.75 Å². The normalized spacial score (nSPS) is 10.7. The lowest BCUT2D eigenvalue weighted by atomic mass is 9.88. The summed E-state index contributed by atoms with van der Waals surface area (Å²) in [5.74, 6) is 0.518. The van der Waals surface area contributed by atoms with Crippen LogP contribution in [-0.4, -0.2) is 5.11 Å². The Morgan fingerprint density at radius 3 is 1.60 bits per heavy atom. The van der Waals surface area contributed by atoms with Crippen LogP contribution in [0.25, 0.3) is 0 Å². The Morgan fingerprint density at radius 2 is 1.20 bits per heavy atom. The summed E-state index contributed by atoms with van der Waals surface area (Å²) in [6, 6.07) is 0. The summed E-state index contributed by atoms with van der Waals surface area (Å²) in [6.45, 7) is 10.6. The molecule has 0 bridgehead atoms. The molecule has 1 heteroatoms. The molecule has 0 spiro atoms. The van der Waals surface area contributed by atoms with Crippen molar-refractivity contribution < 1.29 is 5.11 Å². The first-order valence-corrected chi connectivity index (χ1v) is 5.91. The highest BCUT2D eigenvalue weighted by molar-refractivity contribution is 5.54. The minimum Gasteiger partial charge on any atom is -0.507 e. The third-order valence-corrected chi connectivity index (χ3v) is 3.45. The van der Waals surface area contributed by atoms with Gasteiger partial charge in [0.25, 0.3) is 0 Å². The van der Waals surface area contributed by atoms with Crippen LogP contribution in [-0.2, 0) is 19.3 Å². The van der Waals surface area contributed by atoms with E-state index < -0.39 is 0 Å². The predicted octanol–water partition coefficient (Wildman–Crippen LogP) is 3.70. The summed E-state index contributed by atoms with van der Waals surface area (Å²) in [5, 5.41) is 10.1. The molecule has 1 nitrogen and oxygen atoms in total. The molecule has 0 saturated heterocycles. The van der Waals surface area contributed by atoms with Gasteiger partial charge in [0.05, 0.1) is 0 Å². The van der Waals surface area contributed by atoms with Gasteiger partial charge in [0, 0.05) is 0 Å². The van der Waals surface area contributed by atoms with Crippen molar-refractivity contribution in [3.63, 3.8) is 0 Å². The highest BCUT2D eigenvalue weighted by atomic mass is 16.3. The Bertz CT molecular complexity index is 333. The van der Waals surface area contributed by atoms with E-state index in [1.807, 2.05) is 6.92 Å². The maximum atomic E-state index is 10.1. The van der Waals surface area contributed by atoms with E-state index in [9.17, 15) is 5.11 Å². The Morgan fingerprint density at radius 1 is 0.733 bits per heavy atom. The second-order valence-electron chi connectivity index (χ2n) is 4.09. The zero-order valence-electron chi connectivity index (χ0n) is 10.6. The van der Waals surface area contributed by atoms with E-state index in [0.29, 0.717) is 5.75 Å². The standard InChI is InChI=1S/C14H22O/c1-6-11-9(4)10(5)14(15)13(8-3)12(11)7-2/h15H,6-8H2,1-5H3. The zero-order valence-corrected chi connectivity index (χ0v) is 10.6. The molecule has 0 atom stereocenters. The highest BCUT2D eigenvalue weighted by Crippen LogP contribution is 2.33. The molecule has 0 fully saturated rings. The summed E-state index contributed by atoms with van der Waals surface area (Å²) in [4.78, 5) is 0. The van der Waals surface area contributed by atoms with Crippen LogP contribution in [0.1, 0.15) is 48.6 Å². The smallest absolute Gasteiger partial charge is 0.122 e. The molecule has 0 radical (unpaired) electrons. The summed E-state index contributed by atoms with van der Waals surface area (Å²) >= 11 is 0. The van der Waals surface area contributed by atoms with Crippen LogP contribution in [0.15, 0.2) is 0 Å². The topological polar surface area (TPSA) is 20.2 Å². The fourth-order valence-corrected chi connectivity index (χ4v) is 2.47. The van der Waals surface area contributed by atoms with E-state index in [1.54, 1.807) is 0 Å². The molecule has 0 saturated carbocycles. The molecule has 1 N–H and O–H groups in total. The van der Waals surface area contributed by atoms with Crippen LogP contribution in [0.5, 0.6) is 5.75 Å². The van der Waals surface area contributed by atoms with Crippen molar-refractivity contribution in [2.45, 2.75) is 53.9 Å². The molecular formula is C14H22O. The SMILES string of the molecule is CCc1c(C)c(C)c(O)c(CC)c1CC. The van der Waals surface area contributed by atoms with Crippen LogP contribution in [0.2, 0.25) is 0 Å². The Hall–Kier alpha value is -0.980. The summed E-state index contributed by atoms with van der Waals surface area (Å²) in [6.07, 6.45) is 2.99. The second-order valence-corrected chi connectivity index (χ2v) is 4.09. The van der Waals surface area contributed by atoms with E-state index in [4.69, 9.17) is 0 Å². The van der Waals surface area contributed by atoms with Crippen molar-refractivity contribution in [1.29, 1.82) is 0 Å². The summed E-state index contributed by atoms with van der Waals surface area (Å²) < 4.78 is 0. The lowest BCUT2D eigenvalue weighted by molar-refractivity contribution is 0.462. The van der Waals surface area contributed by atoms with E-state index >= 15 is 0 Å². The van der Waals surface area contributed by atoms with Gasteiger partial charge in [0.2, 0.25) is 0 Å². The molecule has 0 aliphatic carbocycles. The van der Waals surface area contributed by atoms with Crippen LogP contribution < -0.4 is 0 Å². The monoisotopic (exact) mass is 206 g/mol. The van der Waals surface area contributed by atoms with Gasteiger partial charge in [0.15, 0.2) is 0 Å². The van der Waals surface area contributed by atoms with Crippen molar-refractivity contribution in [3.05, 3.63) is 27.8 Å². The fraction of sp³-hybridized carbons (Fsp3) is 0.571. The average molecular weight is 206 g/mol. The quantitative estimate of drug-likeness (QED) is 0.799. The lowest BCUT2D eigenvalue weighted by Crippen LogP contribution is -2.03. The third kappa shape index (κ3) is 1.88. The maximum Gasteiger partial charge on any atom is 0.122 e. The summed E-state index contributed by atoms with van der Waals surface area (Å²) in [7, 11) is 0. The number of hydrogen-bond donors (Lipinski definition) is 1. The Labute approximate surface area is 93.1 Å². The molecular weight excluding hydrogens is 184 g/mol. The molecule has 1 rings (SSSR count). The van der Waals surface area contributed by atoms with Crippen molar-refractivity contribution in [1.82, 2.24) is 0 Å². The maximum absolute atomic E-state index is 10.1. The van der Waals surface area contributed by atoms with E-state index in [1.165, 1.54) is 16.7 Å². The number of phenols is 1. The van der Waals surface area contributed by atoms with Crippen molar-refractivity contribution in [2.24, 2.45) is 0 Å². The van der Waals surface area contributed by atoms with Gasteiger partial charge in [-0.1, -0.05) is 20.8 Å². The molecule has 0 aliphatic heterocycles. The van der Waals surface area contributed by atoms with E-state index in [0.717, 1.165) is 30.4 Å². The lowest BCUT2D eigenvalue weighted by Gasteiger charge is -2.19. The van der Waals surface area contributed by atoms with Gasteiger partial charge in [-0.25, -0.2) is 0 Å². The molecule has 15 heavy (non-hydrogen) atoms. The molecule has 0 heterocycles. The minimum atomic E-state index is 0.518. The molecule has 84 valence electrons. The van der Waals surface area contributed by atoms with Crippen molar-refractivity contribution >= 4 is 0 Å². The first-order valence-electron chi connectivity index (χ1n) is 5.91. The first kappa shape index (κ1) is 12.1. The van der Waals surface area contributed by atoms with E-state index in [2.05, 4.69) is 27.7 Å². The first-order chi connectivity index (χ1) is 7.08. The highest BCUT2D eigenvalue weighted by Gasteiger charge is 2.15. The summed E-state index contributed by atoms with van der Waals surface area (Å²) in [5.41, 5.74) is 6.27. The minimum absolute atomic E-state index is 0.518. The van der Waals surface area contributed by atoms with Crippen molar-refractivity contribution in [2.75, 3.05) is 0 Å². The fourth-order valence-electron chi connectivity index (χ4n) is 2.47. The van der Waals surface area contributed by atoms with Gasteiger partial charge >= 0.3 is 0 Å². The molecule has 0 unspecified atom stereocenters. The van der Waals surface area contributed by atoms with Gasteiger partial charge in [-0.2, -0.15) is 0 Å². The Balaban J connectivity index is 3.59. The van der Waals surface area contributed by atoms with Gasteiger partial charge < -0.3 is 5.11 Å². The molecule has 0 aromatic heterocycles. The van der Waals surface area contributed by atoms with E-state index in [-0.39, 0.29) is 0 Å². The van der Waals surface area contributed by atoms with Gasteiger partial charge in [0.1, 0.15) is 5.75 Å². The molecule has 1 aromatic carbocycles. The molecule has 0 aliphatic rings. The molecule has 1 aromatic rings. The number of benzene rings is 1. The van der Waals surface area contributed by atoms with Gasteiger partial charge in [-0.05, 0) is 60.9 Å². The zero-order chi connectivity index (χ0) is 11.6. The number of hydrogen-bond acceptors (Lipinski definition) is 1. The number of phenolic OH excluding ortho intramolecular Hbond substituents is 1. The van der Waals surface area contributed by atoms with Gasteiger partial charge in [-0.15, -0.1) is 0 Å². The van der Waals surface area contributed by atoms with Crippen LogP contribution in [0.4, 0.5) is 0 Å². The van der Waals surface area contributed by atoms with Crippen LogP contribution >= 0.6 is 0 Å². The Kier molecular flexibility index (Phi) is 3.78. The number of rotatable bonds is 3. The van der Waals surface area contributed by atoms with Crippen LogP contribution in [0, 0.1) is 13.8 Å². The largest absolute Gasteiger partial charge is 0.507 e. The predicted molar refractivity (Wildman–Crippen MR) is 65.7 cm³/mol. The molecule has 0 amide bonds. The average Bonchev–Trinajstić information content (AvgIpc) is 2.25.